The quantitative estimate of drug-likeness (QED) is 0.764. The molecule has 0 amide bonds. The van der Waals surface area contributed by atoms with Gasteiger partial charge in [-0.05, 0) is 37.0 Å². The first-order valence-electron chi connectivity index (χ1n) is 10.2. The number of morpholine rings is 1. The van der Waals surface area contributed by atoms with E-state index < -0.39 is 6.04 Å². The van der Waals surface area contributed by atoms with Gasteiger partial charge >= 0.3 is 0 Å². The molecule has 6 heteroatoms. The van der Waals surface area contributed by atoms with Crippen LogP contribution in [-0.2, 0) is 22.5 Å². The van der Waals surface area contributed by atoms with Crippen LogP contribution in [0.15, 0.2) is 30.3 Å². The van der Waals surface area contributed by atoms with Crippen LogP contribution in [-0.4, -0.2) is 43.5 Å². The minimum atomic E-state index is -0.464. The lowest BCUT2D eigenvalue weighted by molar-refractivity contribution is -0.126. The fourth-order valence-electron chi connectivity index (χ4n) is 4.32. The molecular formula is C22H25FN2O2S. The van der Waals surface area contributed by atoms with Crippen molar-refractivity contribution < 1.29 is 13.9 Å². The molecule has 3 heterocycles. The lowest BCUT2D eigenvalue weighted by Gasteiger charge is -2.34. The Morgan fingerprint density at radius 2 is 1.96 bits per heavy atom. The van der Waals surface area contributed by atoms with Crippen LogP contribution in [0.4, 0.5) is 9.39 Å². The zero-order valence-electron chi connectivity index (χ0n) is 15.9. The molecule has 0 N–H and O–H groups in total. The molecule has 1 aliphatic carbocycles. The average Bonchev–Trinajstić information content (AvgIpc) is 3.49. The summed E-state index contributed by atoms with van der Waals surface area (Å²) in [6, 6.07) is 8.59. The number of benzene rings is 1. The van der Waals surface area contributed by atoms with Gasteiger partial charge in [-0.3, -0.25) is 9.69 Å². The average molecular weight is 401 g/mol. The molecule has 1 unspecified atom stereocenters. The SMILES string of the molecule is O=C(C1CC1)C(c1ccccc1F)N1CCc2sc(N3CCOCC3)cc2C1. The number of carbonyl (C=O) groups is 1. The number of fused-ring (bicyclic) bond motifs is 1. The van der Waals surface area contributed by atoms with Gasteiger partial charge in [-0.15, -0.1) is 11.3 Å². The van der Waals surface area contributed by atoms with Crippen molar-refractivity contribution in [2.45, 2.75) is 31.8 Å². The van der Waals surface area contributed by atoms with E-state index in [1.54, 1.807) is 12.1 Å². The van der Waals surface area contributed by atoms with E-state index in [-0.39, 0.29) is 17.5 Å². The molecule has 4 nitrogen and oxygen atoms in total. The standard InChI is InChI=1S/C22H25FN2O2S/c23-18-4-2-1-3-17(18)21(22(26)15-5-6-15)25-8-7-19-16(14-25)13-20(28-19)24-9-11-27-12-10-24/h1-4,13,15,21H,5-12,14H2. The number of hydrogen-bond acceptors (Lipinski definition) is 5. The molecule has 148 valence electrons. The van der Waals surface area contributed by atoms with E-state index in [0.29, 0.717) is 12.1 Å². The molecule has 0 radical (unpaired) electrons. The van der Waals surface area contributed by atoms with E-state index >= 15 is 0 Å². The Bertz CT molecular complexity index is 873. The predicted molar refractivity (Wildman–Crippen MR) is 108 cm³/mol. The number of ketones is 1. The Kier molecular flexibility index (Phi) is 4.95. The van der Waals surface area contributed by atoms with Crippen molar-refractivity contribution in [3.05, 3.63) is 52.2 Å². The maximum absolute atomic E-state index is 14.6. The number of carbonyl (C=O) groups excluding carboxylic acids is 1. The maximum atomic E-state index is 14.6. The molecule has 5 rings (SSSR count). The van der Waals surface area contributed by atoms with Gasteiger partial charge in [0.2, 0.25) is 0 Å². The van der Waals surface area contributed by atoms with Crippen molar-refractivity contribution in [2.75, 3.05) is 37.7 Å². The van der Waals surface area contributed by atoms with Crippen molar-refractivity contribution >= 4 is 22.1 Å². The third kappa shape index (κ3) is 3.49. The summed E-state index contributed by atoms with van der Waals surface area (Å²) in [4.78, 5) is 19.1. The summed E-state index contributed by atoms with van der Waals surface area (Å²) in [7, 11) is 0. The number of rotatable bonds is 5. The van der Waals surface area contributed by atoms with Crippen LogP contribution in [0.2, 0.25) is 0 Å². The summed E-state index contributed by atoms with van der Waals surface area (Å²) >= 11 is 1.87. The molecule has 1 aromatic carbocycles. The summed E-state index contributed by atoms with van der Waals surface area (Å²) in [6.45, 7) is 4.93. The van der Waals surface area contributed by atoms with E-state index in [2.05, 4.69) is 15.9 Å². The zero-order chi connectivity index (χ0) is 19.1. The van der Waals surface area contributed by atoms with Crippen LogP contribution in [0.1, 0.15) is 34.9 Å². The molecule has 2 fully saturated rings. The molecule has 1 saturated carbocycles. The normalized spacial score (nSPS) is 21.4. The monoisotopic (exact) mass is 400 g/mol. The van der Waals surface area contributed by atoms with E-state index in [1.807, 2.05) is 17.4 Å². The first kappa shape index (κ1) is 18.3. The highest BCUT2D eigenvalue weighted by atomic mass is 32.1. The van der Waals surface area contributed by atoms with Gasteiger partial charge in [-0.25, -0.2) is 4.39 Å². The predicted octanol–water partition coefficient (Wildman–Crippen LogP) is 3.80. The molecular weight excluding hydrogens is 375 g/mol. The van der Waals surface area contributed by atoms with Crippen LogP contribution in [0, 0.1) is 11.7 Å². The van der Waals surface area contributed by atoms with Crippen LogP contribution >= 0.6 is 11.3 Å². The summed E-state index contributed by atoms with van der Waals surface area (Å²) < 4.78 is 20.1. The Morgan fingerprint density at radius 1 is 1.18 bits per heavy atom. The summed E-state index contributed by atoms with van der Waals surface area (Å²) in [5.74, 6) is 0.0289. The topological polar surface area (TPSA) is 32.8 Å². The first-order chi connectivity index (χ1) is 13.7. The summed E-state index contributed by atoms with van der Waals surface area (Å²) in [5.41, 5.74) is 1.83. The maximum Gasteiger partial charge on any atom is 0.157 e. The number of ether oxygens (including phenoxy) is 1. The second-order valence-electron chi connectivity index (χ2n) is 7.95. The van der Waals surface area contributed by atoms with Gasteiger partial charge in [0.05, 0.1) is 24.3 Å². The molecule has 0 bridgehead atoms. The van der Waals surface area contributed by atoms with E-state index in [4.69, 9.17) is 4.74 Å². The Hall–Kier alpha value is -1.76. The van der Waals surface area contributed by atoms with Crippen molar-refractivity contribution in [3.63, 3.8) is 0 Å². The highest BCUT2D eigenvalue weighted by Crippen LogP contribution is 2.41. The molecule has 2 aromatic rings. The summed E-state index contributed by atoms with van der Waals surface area (Å²) in [5, 5.41) is 1.30. The van der Waals surface area contributed by atoms with Gasteiger partial charge in [-0.1, -0.05) is 18.2 Å². The highest BCUT2D eigenvalue weighted by molar-refractivity contribution is 7.16. The van der Waals surface area contributed by atoms with E-state index in [9.17, 15) is 9.18 Å². The van der Waals surface area contributed by atoms with Crippen LogP contribution in [0.25, 0.3) is 0 Å². The second-order valence-corrected chi connectivity index (χ2v) is 9.07. The smallest absolute Gasteiger partial charge is 0.157 e. The van der Waals surface area contributed by atoms with Crippen molar-refractivity contribution in [2.24, 2.45) is 5.92 Å². The van der Waals surface area contributed by atoms with Gasteiger partial charge in [0.15, 0.2) is 5.78 Å². The van der Waals surface area contributed by atoms with Crippen molar-refractivity contribution in [3.8, 4) is 0 Å². The molecule has 1 aromatic heterocycles. The fraction of sp³-hybridized carbons (Fsp3) is 0.500. The minimum absolute atomic E-state index is 0.109. The second kappa shape index (κ2) is 7.58. The molecule has 0 spiro atoms. The largest absolute Gasteiger partial charge is 0.378 e. The van der Waals surface area contributed by atoms with Crippen LogP contribution < -0.4 is 4.90 Å². The number of nitrogens with zero attached hydrogens (tertiary/aromatic N) is 2. The number of anilines is 1. The number of Topliss-reactive ketones (excluding diaryl/α,β-unsaturated/α-hetero) is 1. The highest BCUT2D eigenvalue weighted by Gasteiger charge is 2.40. The fourth-order valence-corrected chi connectivity index (χ4v) is 5.53. The van der Waals surface area contributed by atoms with Crippen LogP contribution in [0.5, 0.6) is 0 Å². The first-order valence-corrected chi connectivity index (χ1v) is 11.0. The van der Waals surface area contributed by atoms with E-state index in [1.165, 1.54) is 21.5 Å². The number of halogens is 1. The summed E-state index contributed by atoms with van der Waals surface area (Å²) in [6.07, 6.45) is 2.82. The van der Waals surface area contributed by atoms with Gasteiger partial charge in [0, 0.05) is 42.5 Å². The van der Waals surface area contributed by atoms with Crippen molar-refractivity contribution in [1.82, 2.24) is 4.90 Å². The van der Waals surface area contributed by atoms with Gasteiger partial charge in [0.25, 0.3) is 0 Å². The zero-order valence-corrected chi connectivity index (χ0v) is 16.7. The molecule has 28 heavy (non-hydrogen) atoms. The van der Waals surface area contributed by atoms with Gasteiger partial charge in [0.1, 0.15) is 5.82 Å². The van der Waals surface area contributed by atoms with Gasteiger partial charge < -0.3 is 9.64 Å². The minimum Gasteiger partial charge on any atom is -0.378 e. The third-order valence-corrected chi connectivity index (χ3v) is 7.32. The lowest BCUT2D eigenvalue weighted by Crippen LogP contribution is -2.38. The van der Waals surface area contributed by atoms with Gasteiger partial charge in [-0.2, -0.15) is 0 Å². The number of thiophene rings is 1. The Labute approximate surface area is 168 Å². The lowest BCUT2D eigenvalue weighted by atomic mass is 9.95. The molecule has 2 aliphatic heterocycles. The van der Waals surface area contributed by atoms with E-state index in [0.717, 1.165) is 52.1 Å². The molecule has 1 atom stereocenters. The Balaban J connectivity index is 1.41. The number of hydrogen-bond donors (Lipinski definition) is 0. The Morgan fingerprint density at radius 3 is 2.71 bits per heavy atom. The van der Waals surface area contributed by atoms with Crippen molar-refractivity contribution in [1.29, 1.82) is 0 Å². The molecule has 1 saturated heterocycles. The van der Waals surface area contributed by atoms with Crippen LogP contribution in [0.3, 0.4) is 0 Å². The molecule has 3 aliphatic rings. The third-order valence-electron chi connectivity index (χ3n) is 6.02.